The van der Waals surface area contributed by atoms with Gasteiger partial charge in [0.15, 0.2) is 0 Å². The highest BCUT2D eigenvalue weighted by Gasteiger charge is 2.18. The molecule has 3 aromatic rings. The molecule has 4 rings (SSSR count). The van der Waals surface area contributed by atoms with Gasteiger partial charge in [-0.25, -0.2) is 14.4 Å². The first-order valence-corrected chi connectivity index (χ1v) is 10.0. The molecule has 6 heteroatoms. The van der Waals surface area contributed by atoms with Gasteiger partial charge < -0.3 is 9.80 Å². The quantitative estimate of drug-likeness (QED) is 0.488. The van der Waals surface area contributed by atoms with E-state index in [0.29, 0.717) is 0 Å². The van der Waals surface area contributed by atoms with Gasteiger partial charge in [0.05, 0.1) is 0 Å². The molecule has 0 aliphatic carbocycles. The third kappa shape index (κ3) is 4.57. The van der Waals surface area contributed by atoms with Crippen LogP contribution in [0.5, 0.6) is 0 Å². The molecule has 2 heterocycles. The van der Waals surface area contributed by atoms with E-state index in [1.165, 1.54) is 17.8 Å². The molecule has 0 spiro atoms. The van der Waals surface area contributed by atoms with Crippen molar-refractivity contribution < 1.29 is 4.39 Å². The average Bonchev–Trinajstić information content (AvgIpc) is 2.74. The zero-order valence-electron chi connectivity index (χ0n) is 15.0. The number of para-hydroxylation sites is 1. The van der Waals surface area contributed by atoms with Gasteiger partial charge in [-0.05, 0) is 29.8 Å². The first-order chi connectivity index (χ1) is 13.3. The van der Waals surface area contributed by atoms with Gasteiger partial charge in [-0.3, -0.25) is 0 Å². The first kappa shape index (κ1) is 17.8. The van der Waals surface area contributed by atoms with Crippen molar-refractivity contribution in [1.29, 1.82) is 0 Å². The van der Waals surface area contributed by atoms with Gasteiger partial charge in [0.1, 0.15) is 23.0 Å². The van der Waals surface area contributed by atoms with E-state index in [1.807, 2.05) is 24.3 Å². The monoisotopic (exact) mass is 380 g/mol. The van der Waals surface area contributed by atoms with Gasteiger partial charge in [0.25, 0.3) is 0 Å². The summed E-state index contributed by atoms with van der Waals surface area (Å²) >= 11 is 1.64. The fourth-order valence-electron chi connectivity index (χ4n) is 3.15. The van der Waals surface area contributed by atoms with Gasteiger partial charge in [-0.2, -0.15) is 0 Å². The molecule has 1 aliphatic heterocycles. The molecule has 0 bridgehead atoms. The number of anilines is 2. The van der Waals surface area contributed by atoms with Crippen molar-refractivity contribution in [2.45, 2.75) is 10.8 Å². The van der Waals surface area contributed by atoms with Crippen LogP contribution in [0.25, 0.3) is 0 Å². The first-order valence-electron chi connectivity index (χ1n) is 9.02. The molecular formula is C21H21FN4S. The molecule has 27 heavy (non-hydrogen) atoms. The predicted molar refractivity (Wildman–Crippen MR) is 109 cm³/mol. The molecule has 4 nitrogen and oxygen atoms in total. The summed E-state index contributed by atoms with van der Waals surface area (Å²) in [6, 6.07) is 19.2. The number of thioether (sulfide) groups is 1. The lowest BCUT2D eigenvalue weighted by Gasteiger charge is -2.36. The number of piperazine rings is 1. The number of hydrogen-bond acceptors (Lipinski definition) is 5. The van der Waals surface area contributed by atoms with Gasteiger partial charge >= 0.3 is 0 Å². The molecule has 2 aromatic carbocycles. The lowest BCUT2D eigenvalue weighted by atomic mass is 10.2. The summed E-state index contributed by atoms with van der Waals surface area (Å²) in [6.45, 7) is 3.83. The highest BCUT2D eigenvalue weighted by atomic mass is 32.2. The number of nitrogens with zero attached hydrogens (tertiary/aromatic N) is 4. The minimum Gasteiger partial charge on any atom is -0.368 e. The molecule has 1 fully saturated rings. The smallest absolute Gasteiger partial charge is 0.133 e. The summed E-state index contributed by atoms with van der Waals surface area (Å²) in [4.78, 5) is 13.5. The number of rotatable bonds is 5. The minimum absolute atomic E-state index is 0.206. The maximum Gasteiger partial charge on any atom is 0.133 e. The average molecular weight is 380 g/mol. The summed E-state index contributed by atoms with van der Waals surface area (Å²) in [5, 5.41) is 0.940. The van der Waals surface area contributed by atoms with E-state index in [-0.39, 0.29) is 5.82 Å². The van der Waals surface area contributed by atoms with E-state index in [9.17, 15) is 4.39 Å². The molecule has 1 aliphatic rings. The molecule has 0 amide bonds. The Balaban J connectivity index is 1.36. The lowest BCUT2D eigenvalue weighted by molar-refractivity contribution is 0.627. The molecule has 0 atom stereocenters. The molecule has 1 saturated heterocycles. The highest BCUT2D eigenvalue weighted by molar-refractivity contribution is 7.98. The zero-order valence-corrected chi connectivity index (χ0v) is 15.8. The van der Waals surface area contributed by atoms with Crippen molar-refractivity contribution in [3.05, 3.63) is 78.4 Å². The van der Waals surface area contributed by atoms with Crippen LogP contribution in [0.15, 0.2) is 72.0 Å². The predicted octanol–water partition coefficient (Wildman–Crippen LogP) is 4.23. The summed E-state index contributed by atoms with van der Waals surface area (Å²) in [5.74, 6) is 1.53. The van der Waals surface area contributed by atoms with Crippen molar-refractivity contribution in [3.8, 4) is 0 Å². The Labute approximate surface area is 163 Å². The fourth-order valence-corrected chi connectivity index (χ4v) is 3.97. The molecule has 0 N–H and O–H groups in total. The van der Waals surface area contributed by atoms with Gasteiger partial charge in [-0.15, -0.1) is 11.8 Å². The van der Waals surface area contributed by atoms with Crippen molar-refractivity contribution in [1.82, 2.24) is 9.97 Å². The zero-order chi connectivity index (χ0) is 18.5. The van der Waals surface area contributed by atoms with Crippen molar-refractivity contribution in [2.75, 3.05) is 36.0 Å². The second kappa shape index (κ2) is 8.39. The van der Waals surface area contributed by atoms with E-state index in [0.717, 1.165) is 48.3 Å². The van der Waals surface area contributed by atoms with Crippen molar-refractivity contribution in [2.24, 2.45) is 0 Å². The summed E-state index contributed by atoms with van der Waals surface area (Å²) in [7, 11) is 0. The number of benzene rings is 2. The van der Waals surface area contributed by atoms with Crippen LogP contribution in [0.3, 0.4) is 0 Å². The van der Waals surface area contributed by atoms with Crippen LogP contribution >= 0.6 is 11.8 Å². The second-order valence-corrected chi connectivity index (χ2v) is 7.43. The molecule has 0 saturated carbocycles. The van der Waals surface area contributed by atoms with Crippen molar-refractivity contribution >= 4 is 23.3 Å². The van der Waals surface area contributed by atoms with Gasteiger partial charge in [0.2, 0.25) is 0 Å². The Morgan fingerprint density at radius 1 is 0.852 bits per heavy atom. The third-order valence-corrected chi connectivity index (χ3v) is 5.65. The topological polar surface area (TPSA) is 32.3 Å². The third-order valence-electron chi connectivity index (χ3n) is 4.65. The van der Waals surface area contributed by atoms with Crippen LogP contribution in [-0.4, -0.2) is 36.1 Å². The van der Waals surface area contributed by atoms with Crippen molar-refractivity contribution in [3.63, 3.8) is 0 Å². The summed E-state index contributed by atoms with van der Waals surface area (Å²) in [6.07, 6.45) is 1.63. The maximum absolute atomic E-state index is 13.0. The lowest BCUT2D eigenvalue weighted by Crippen LogP contribution is -2.46. The number of halogens is 1. The number of hydrogen-bond donors (Lipinski definition) is 0. The largest absolute Gasteiger partial charge is 0.368 e. The van der Waals surface area contributed by atoms with E-state index in [2.05, 4.69) is 44.0 Å². The van der Waals surface area contributed by atoms with E-state index < -0.39 is 0 Å². The molecular weight excluding hydrogens is 359 g/mol. The van der Waals surface area contributed by atoms with E-state index in [4.69, 9.17) is 0 Å². The Hall–Kier alpha value is -2.60. The normalized spacial score (nSPS) is 14.4. The SMILES string of the molecule is Fc1ccc(CSc2cc(N3CCN(c4ccccc4)CC3)ncn2)cc1. The molecule has 0 unspecified atom stereocenters. The van der Waals surface area contributed by atoms with E-state index >= 15 is 0 Å². The minimum atomic E-state index is -0.206. The van der Waals surface area contributed by atoms with Crippen LogP contribution in [0, 0.1) is 5.82 Å². The fraction of sp³-hybridized carbons (Fsp3) is 0.238. The second-order valence-electron chi connectivity index (χ2n) is 6.44. The summed E-state index contributed by atoms with van der Waals surface area (Å²) < 4.78 is 13.0. The highest BCUT2D eigenvalue weighted by Crippen LogP contribution is 2.25. The van der Waals surface area contributed by atoms with Crippen LogP contribution in [-0.2, 0) is 5.75 Å². The Morgan fingerprint density at radius 2 is 1.56 bits per heavy atom. The van der Waals surface area contributed by atoms with E-state index in [1.54, 1.807) is 18.1 Å². The van der Waals surface area contributed by atoms with Crippen LogP contribution in [0.1, 0.15) is 5.56 Å². The Bertz CT molecular complexity index is 865. The molecule has 138 valence electrons. The number of aromatic nitrogens is 2. The van der Waals surface area contributed by atoms with Gasteiger partial charge in [0, 0.05) is 43.7 Å². The van der Waals surface area contributed by atoms with Crippen LogP contribution in [0.2, 0.25) is 0 Å². The van der Waals surface area contributed by atoms with Crippen LogP contribution < -0.4 is 9.80 Å². The summed E-state index contributed by atoms with van der Waals surface area (Å²) in [5.41, 5.74) is 2.36. The Morgan fingerprint density at radius 3 is 2.30 bits per heavy atom. The molecule has 1 aromatic heterocycles. The standard InChI is InChI=1S/C21H21FN4S/c22-18-8-6-17(7-9-18)15-27-21-14-20(23-16-24-21)26-12-10-25(11-13-26)19-4-2-1-3-5-19/h1-9,14,16H,10-13,15H2. The van der Waals surface area contributed by atoms with Gasteiger partial charge in [-0.1, -0.05) is 30.3 Å². The maximum atomic E-state index is 13.0. The van der Waals surface area contributed by atoms with Crippen LogP contribution in [0.4, 0.5) is 15.9 Å². The molecule has 0 radical (unpaired) electrons. The Kier molecular flexibility index (Phi) is 5.53.